The summed E-state index contributed by atoms with van der Waals surface area (Å²) in [7, 11) is 0. The summed E-state index contributed by atoms with van der Waals surface area (Å²) in [6.07, 6.45) is 5.57. The van der Waals surface area contributed by atoms with Crippen LogP contribution in [0.3, 0.4) is 0 Å². The monoisotopic (exact) mass is 228 g/mol. The Morgan fingerprint density at radius 1 is 1.25 bits per heavy atom. The molecule has 0 aromatic carbocycles. The first-order valence-corrected chi connectivity index (χ1v) is 6.76. The van der Waals surface area contributed by atoms with Crippen LogP contribution >= 0.6 is 0 Å². The van der Waals surface area contributed by atoms with E-state index < -0.39 is 0 Å². The maximum absolute atomic E-state index is 5.49. The van der Waals surface area contributed by atoms with Crippen LogP contribution in [0.4, 0.5) is 0 Å². The molecule has 1 rings (SSSR count). The van der Waals surface area contributed by atoms with Gasteiger partial charge in [-0.3, -0.25) is 4.90 Å². The van der Waals surface area contributed by atoms with Crippen molar-refractivity contribution in [3.63, 3.8) is 0 Å². The van der Waals surface area contributed by atoms with E-state index in [0.29, 0.717) is 13.2 Å². The third kappa shape index (κ3) is 5.28. The van der Waals surface area contributed by atoms with Gasteiger partial charge in [-0.15, -0.1) is 0 Å². The second kappa shape index (κ2) is 8.04. The number of nitrogens with two attached hydrogens (primary N) is 1. The van der Waals surface area contributed by atoms with Crippen molar-refractivity contribution in [1.29, 1.82) is 0 Å². The van der Waals surface area contributed by atoms with Crippen LogP contribution in [0.25, 0.3) is 0 Å². The Morgan fingerprint density at radius 3 is 2.50 bits per heavy atom. The zero-order chi connectivity index (χ0) is 11.8. The fourth-order valence-corrected chi connectivity index (χ4v) is 2.53. The summed E-state index contributed by atoms with van der Waals surface area (Å²) in [6.45, 7) is 9.03. The molecule has 0 heterocycles. The fraction of sp³-hybridized carbons (Fsp3) is 1.00. The maximum Gasteiger partial charge on any atom is 0.0594 e. The van der Waals surface area contributed by atoms with E-state index in [1.807, 2.05) is 0 Å². The fourth-order valence-electron chi connectivity index (χ4n) is 2.53. The Hall–Kier alpha value is -0.120. The third-order valence-corrected chi connectivity index (χ3v) is 3.23. The zero-order valence-corrected chi connectivity index (χ0v) is 11.0. The predicted octanol–water partition coefficient (Wildman–Crippen LogP) is 1.86. The molecule has 0 bridgehead atoms. The van der Waals surface area contributed by atoms with Crippen LogP contribution in [-0.2, 0) is 4.74 Å². The molecule has 0 aliphatic heterocycles. The van der Waals surface area contributed by atoms with Crippen LogP contribution < -0.4 is 5.73 Å². The highest BCUT2D eigenvalue weighted by Gasteiger charge is 2.22. The molecule has 1 fully saturated rings. The first-order chi connectivity index (χ1) is 7.74. The summed E-state index contributed by atoms with van der Waals surface area (Å²) in [4.78, 5) is 2.62. The van der Waals surface area contributed by atoms with Crippen molar-refractivity contribution >= 4 is 0 Å². The van der Waals surface area contributed by atoms with E-state index >= 15 is 0 Å². The van der Waals surface area contributed by atoms with Crippen LogP contribution in [0.2, 0.25) is 0 Å². The smallest absolute Gasteiger partial charge is 0.0594 e. The Kier molecular flexibility index (Phi) is 7.01. The number of nitrogens with zero attached hydrogens (tertiary/aromatic N) is 1. The van der Waals surface area contributed by atoms with Gasteiger partial charge in [0.1, 0.15) is 0 Å². The predicted molar refractivity (Wildman–Crippen MR) is 68.5 cm³/mol. The van der Waals surface area contributed by atoms with Gasteiger partial charge in [0.15, 0.2) is 0 Å². The van der Waals surface area contributed by atoms with Gasteiger partial charge in [-0.25, -0.2) is 0 Å². The molecule has 0 atom stereocenters. The second-order valence-corrected chi connectivity index (χ2v) is 5.23. The van der Waals surface area contributed by atoms with Gasteiger partial charge in [0.05, 0.1) is 13.2 Å². The lowest BCUT2D eigenvalue weighted by molar-refractivity contribution is 0.0853. The van der Waals surface area contributed by atoms with Gasteiger partial charge in [-0.2, -0.15) is 0 Å². The summed E-state index contributed by atoms with van der Waals surface area (Å²) in [6, 6.07) is 0.809. The summed E-state index contributed by atoms with van der Waals surface area (Å²) in [5.41, 5.74) is 5.41. The second-order valence-electron chi connectivity index (χ2n) is 5.23. The van der Waals surface area contributed by atoms with Gasteiger partial charge in [0, 0.05) is 25.7 Å². The van der Waals surface area contributed by atoms with Crippen LogP contribution in [0.5, 0.6) is 0 Å². The minimum atomic E-state index is 0.633. The van der Waals surface area contributed by atoms with E-state index in [-0.39, 0.29) is 0 Å². The molecular formula is C13H28N2O. The van der Waals surface area contributed by atoms with E-state index in [2.05, 4.69) is 18.7 Å². The molecule has 2 N–H and O–H groups in total. The highest BCUT2D eigenvalue weighted by Crippen LogP contribution is 2.23. The molecule has 0 radical (unpaired) electrons. The molecule has 3 nitrogen and oxygen atoms in total. The molecule has 0 saturated heterocycles. The van der Waals surface area contributed by atoms with Crippen molar-refractivity contribution in [3.05, 3.63) is 0 Å². The Balaban J connectivity index is 2.25. The molecule has 16 heavy (non-hydrogen) atoms. The summed E-state index contributed by atoms with van der Waals surface area (Å²) in [5, 5.41) is 0. The molecule has 1 saturated carbocycles. The van der Waals surface area contributed by atoms with Crippen LogP contribution in [-0.4, -0.2) is 43.8 Å². The quantitative estimate of drug-likeness (QED) is 0.645. The summed E-state index contributed by atoms with van der Waals surface area (Å²) < 4.78 is 5.49. The largest absolute Gasteiger partial charge is 0.379 e. The topological polar surface area (TPSA) is 38.5 Å². The van der Waals surface area contributed by atoms with Gasteiger partial charge in [-0.05, 0) is 18.8 Å². The molecule has 0 spiro atoms. The van der Waals surface area contributed by atoms with Crippen LogP contribution in [0.15, 0.2) is 0 Å². The molecule has 0 aromatic rings. The highest BCUT2D eigenvalue weighted by atomic mass is 16.5. The summed E-state index contributed by atoms with van der Waals surface area (Å²) in [5.74, 6) is 0.745. The molecule has 1 aliphatic carbocycles. The van der Waals surface area contributed by atoms with Gasteiger partial charge in [0.2, 0.25) is 0 Å². The first kappa shape index (κ1) is 13.9. The maximum atomic E-state index is 5.49. The molecule has 0 unspecified atom stereocenters. The zero-order valence-electron chi connectivity index (χ0n) is 11.0. The van der Waals surface area contributed by atoms with E-state index in [1.165, 1.54) is 32.2 Å². The van der Waals surface area contributed by atoms with Crippen molar-refractivity contribution in [2.75, 3.05) is 32.8 Å². The molecule has 0 aromatic heterocycles. The van der Waals surface area contributed by atoms with E-state index in [9.17, 15) is 0 Å². The number of ether oxygens (including phenoxy) is 1. The number of hydrogen-bond donors (Lipinski definition) is 1. The Bertz CT molecular complexity index is 167. The minimum absolute atomic E-state index is 0.633. The van der Waals surface area contributed by atoms with Gasteiger partial charge in [-0.1, -0.05) is 26.7 Å². The number of rotatable bonds is 8. The lowest BCUT2D eigenvalue weighted by Gasteiger charge is -2.30. The third-order valence-electron chi connectivity index (χ3n) is 3.23. The van der Waals surface area contributed by atoms with Crippen molar-refractivity contribution in [2.24, 2.45) is 11.7 Å². The molecule has 1 aliphatic rings. The van der Waals surface area contributed by atoms with E-state index in [1.54, 1.807) is 0 Å². The average Bonchev–Trinajstić information content (AvgIpc) is 2.75. The molecule has 0 amide bonds. The van der Waals surface area contributed by atoms with Crippen molar-refractivity contribution in [3.8, 4) is 0 Å². The highest BCUT2D eigenvalue weighted by molar-refractivity contribution is 4.78. The summed E-state index contributed by atoms with van der Waals surface area (Å²) >= 11 is 0. The van der Waals surface area contributed by atoms with Crippen molar-refractivity contribution in [1.82, 2.24) is 4.90 Å². The molecular weight excluding hydrogens is 200 g/mol. The van der Waals surface area contributed by atoms with Crippen molar-refractivity contribution in [2.45, 2.75) is 45.6 Å². The normalized spacial score (nSPS) is 17.8. The van der Waals surface area contributed by atoms with Crippen LogP contribution in [0.1, 0.15) is 39.5 Å². The lowest BCUT2D eigenvalue weighted by atomic mass is 10.1. The Labute approximate surface area is 100 Å². The van der Waals surface area contributed by atoms with Crippen LogP contribution in [0, 0.1) is 5.92 Å². The standard InChI is InChI=1S/C13H28N2O/c1-12(2)11-15(8-10-16-9-7-14)13-5-3-4-6-13/h12-13H,3-11,14H2,1-2H3. The van der Waals surface area contributed by atoms with E-state index in [0.717, 1.165) is 25.1 Å². The Morgan fingerprint density at radius 2 is 1.94 bits per heavy atom. The average molecular weight is 228 g/mol. The van der Waals surface area contributed by atoms with Crippen molar-refractivity contribution < 1.29 is 4.74 Å². The van der Waals surface area contributed by atoms with E-state index in [4.69, 9.17) is 10.5 Å². The van der Waals surface area contributed by atoms with Gasteiger partial charge in [0.25, 0.3) is 0 Å². The lowest BCUT2D eigenvalue weighted by Crippen LogP contribution is -2.38. The first-order valence-electron chi connectivity index (χ1n) is 6.76. The molecule has 96 valence electrons. The molecule has 3 heteroatoms. The van der Waals surface area contributed by atoms with Gasteiger partial charge < -0.3 is 10.5 Å². The SMILES string of the molecule is CC(C)CN(CCOCCN)C1CCCC1. The minimum Gasteiger partial charge on any atom is -0.379 e. The number of hydrogen-bond acceptors (Lipinski definition) is 3. The van der Waals surface area contributed by atoms with Gasteiger partial charge >= 0.3 is 0 Å².